The number of halogens is 2. The van der Waals surface area contributed by atoms with Gasteiger partial charge in [-0.05, 0) is 19.3 Å². The summed E-state index contributed by atoms with van der Waals surface area (Å²) in [7, 11) is 0. The van der Waals surface area contributed by atoms with Crippen LogP contribution in [0.15, 0.2) is 0 Å². The molecule has 0 bridgehead atoms. The Labute approximate surface area is 47.4 Å². The molecule has 0 aliphatic heterocycles. The van der Waals surface area contributed by atoms with E-state index in [9.17, 15) is 0 Å². The van der Waals surface area contributed by atoms with Gasteiger partial charge in [0.1, 0.15) is 4.33 Å². The second-order valence-electron chi connectivity index (χ2n) is 1.55. The molecule has 0 atom stereocenters. The van der Waals surface area contributed by atoms with Crippen LogP contribution in [-0.4, -0.2) is 4.33 Å². The van der Waals surface area contributed by atoms with Gasteiger partial charge in [0, 0.05) is 0 Å². The molecular formula is C4H5Cl2. The fourth-order valence-electron chi connectivity index (χ4n) is 0.363. The molecule has 2 heteroatoms. The van der Waals surface area contributed by atoms with E-state index in [2.05, 4.69) is 6.42 Å². The number of rotatable bonds is 0. The van der Waals surface area contributed by atoms with Gasteiger partial charge in [-0.15, -0.1) is 23.2 Å². The summed E-state index contributed by atoms with van der Waals surface area (Å²) in [6.07, 6.45) is 3.78. The van der Waals surface area contributed by atoms with Gasteiger partial charge in [0.2, 0.25) is 0 Å². The van der Waals surface area contributed by atoms with Gasteiger partial charge in [0.15, 0.2) is 0 Å². The summed E-state index contributed by atoms with van der Waals surface area (Å²) >= 11 is 11.1. The van der Waals surface area contributed by atoms with Crippen LogP contribution in [0.1, 0.15) is 12.8 Å². The van der Waals surface area contributed by atoms with E-state index in [-0.39, 0.29) is 4.33 Å². The predicted octanol–water partition coefficient (Wildman–Crippen LogP) is 2.16. The van der Waals surface area contributed by atoms with Crippen LogP contribution in [0.5, 0.6) is 0 Å². The van der Waals surface area contributed by atoms with Gasteiger partial charge in [0.05, 0.1) is 0 Å². The molecule has 35 valence electrons. The zero-order chi connectivity index (χ0) is 4.62. The molecule has 0 spiro atoms. The molecule has 0 N–H and O–H groups in total. The molecule has 1 rings (SSSR count). The number of hydrogen-bond acceptors (Lipinski definition) is 0. The van der Waals surface area contributed by atoms with E-state index in [4.69, 9.17) is 23.2 Å². The largest absolute Gasteiger partial charge is 0.118 e. The van der Waals surface area contributed by atoms with Crippen molar-refractivity contribution < 1.29 is 0 Å². The molecule has 1 fully saturated rings. The Hall–Kier alpha value is 0.580. The van der Waals surface area contributed by atoms with E-state index in [1.165, 1.54) is 0 Å². The van der Waals surface area contributed by atoms with Gasteiger partial charge in [-0.2, -0.15) is 0 Å². The van der Waals surface area contributed by atoms with E-state index in [1.807, 2.05) is 0 Å². The third-order valence-electron chi connectivity index (χ3n) is 0.886. The van der Waals surface area contributed by atoms with Gasteiger partial charge in [-0.3, -0.25) is 0 Å². The van der Waals surface area contributed by atoms with Crippen LogP contribution in [-0.2, 0) is 0 Å². The van der Waals surface area contributed by atoms with Gasteiger partial charge >= 0.3 is 0 Å². The summed E-state index contributed by atoms with van der Waals surface area (Å²) in [6, 6.07) is 0. The Balaban J connectivity index is 2.31. The maximum Gasteiger partial charge on any atom is 0.118 e. The van der Waals surface area contributed by atoms with Crippen LogP contribution in [0.4, 0.5) is 0 Å². The first-order valence-electron chi connectivity index (χ1n) is 1.90. The Morgan fingerprint density at radius 2 is 1.67 bits per heavy atom. The zero-order valence-electron chi connectivity index (χ0n) is 3.25. The second-order valence-corrected chi connectivity index (χ2v) is 3.19. The minimum atomic E-state index is -0.389. The van der Waals surface area contributed by atoms with E-state index in [0.717, 1.165) is 12.8 Å². The van der Waals surface area contributed by atoms with Crippen molar-refractivity contribution in [2.75, 3.05) is 0 Å². The van der Waals surface area contributed by atoms with Crippen molar-refractivity contribution in [3.05, 3.63) is 6.42 Å². The summed E-state index contributed by atoms with van der Waals surface area (Å²) in [6.45, 7) is 0. The molecule has 0 unspecified atom stereocenters. The average molecular weight is 124 g/mol. The molecule has 0 aromatic rings. The highest BCUT2D eigenvalue weighted by Crippen LogP contribution is 2.40. The molecular weight excluding hydrogens is 119 g/mol. The smallest absolute Gasteiger partial charge is 0.102 e. The Morgan fingerprint density at radius 1 is 1.33 bits per heavy atom. The van der Waals surface area contributed by atoms with Crippen molar-refractivity contribution in [3.8, 4) is 0 Å². The van der Waals surface area contributed by atoms with Crippen LogP contribution in [0.2, 0.25) is 0 Å². The summed E-state index contributed by atoms with van der Waals surface area (Å²) in [5, 5.41) is 0. The normalized spacial score (nSPS) is 29.0. The van der Waals surface area contributed by atoms with Gasteiger partial charge in [-0.25, -0.2) is 0 Å². The maximum absolute atomic E-state index is 5.54. The highest BCUT2D eigenvalue weighted by molar-refractivity contribution is 6.49. The lowest BCUT2D eigenvalue weighted by molar-refractivity contribution is 0.603. The molecule has 0 nitrogen and oxygen atoms in total. The fourth-order valence-corrected chi connectivity index (χ4v) is 0.799. The SMILES string of the molecule is ClC1(Cl)C[CH]C1. The zero-order valence-corrected chi connectivity index (χ0v) is 4.76. The molecule has 0 aromatic carbocycles. The molecule has 0 amide bonds. The minimum Gasteiger partial charge on any atom is -0.102 e. The predicted molar refractivity (Wildman–Crippen MR) is 28.0 cm³/mol. The lowest BCUT2D eigenvalue weighted by atomic mass is 9.99. The molecule has 0 saturated heterocycles. The highest BCUT2D eigenvalue weighted by atomic mass is 35.5. The standard InChI is InChI=1S/C4H5Cl2/c5-4(6)2-1-3-4/h1H,2-3H2. The summed E-state index contributed by atoms with van der Waals surface area (Å²) in [5.41, 5.74) is 0. The summed E-state index contributed by atoms with van der Waals surface area (Å²) in [5.74, 6) is 0. The van der Waals surface area contributed by atoms with Crippen molar-refractivity contribution in [2.24, 2.45) is 0 Å². The van der Waals surface area contributed by atoms with Gasteiger partial charge in [-0.1, -0.05) is 0 Å². The van der Waals surface area contributed by atoms with Gasteiger partial charge in [0.25, 0.3) is 0 Å². The summed E-state index contributed by atoms with van der Waals surface area (Å²) in [4.78, 5) is 0. The lowest BCUT2D eigenvalue weighted by Gasteiger charge is -2.27. The van der Waals surface area contributed by atoms with Crippen molar-refractivity contribution in [3.63, 3.8) is 0 Å². The first kappa shape index (κ1) is 4.73. The van der Waals surface area contributed by atoms with Crippen molar-refractivity contribution in [1.82, 2.24) is 0 Å². The molecule has 0 aromatic heterocycles. The fraction of sp³-hybridized carbons (Fsp3) is 0.750. The lowest BCUT2D eigenvalue weighted by Crippen LogP contribution is -2.22. The Kier molecular flexibility index (Phi) is 1.01. The summed E-state index contributed by atoms with van der Waals surface area (Å²) < 4.78 is -0.389. The highest BCUT2D eigenvalue weighted by Gasteiger charge is 2.31. The molecule has 1 aliphatic carbocycles. The van der Waals surface area contributed by atoms with Crippen LogP contribution in [0.3, 0.4) is 0 Å². The van der Waals surface area contributed by atoms with E-state index < -0.39 is 0 Å². The third-order valence-corrected chi connectivity index (χ3v) is 1.50. The van der Waals surface area contributed by atoms with Crippen molar-refractivity contribution in [2.45, 2.75) is 17.2 Å². The Morgan fingerprint density at radius 3 is 1.67 bits per heavy atom. The van der Waals surface area contributed by atoms with Crippen molar-refractivity contribution >= 4 is 23.2 Å². The quantitative estimate of drug-likeness (QED) is 0.434. The Bertz CT molecular complexity index is 52.6. The first-order chi connectivity index (χ1) is 2.71. The van der Waals surface area contributed by atoms with Crippen LogP contribution < -0.4 is 0 Å². The molecule has 1 saturated carbocycles. The van der Waals surface area contributed by atoms with Crippen LogP contribution in [0, 0.1) is 6.42 Å². The van der Waals surface area contributed by atoms with Crippen LogP contribution in [0.25, 0.3) is 0 Å². The third kappa shape index (κ3) is 0.797. The van der Waals surface area contributed by atoms with Crippen LogP contribution >= 0.6 is 23.2 Å². The molecule has 6 heavy (non-hydrogen) atoms. The molecule has 1 aliphatic rings. The molecule has 1 radical (unpaired) electrons. The number of alkyl halides is 2. The first-order valence-corrected chi connectivity index (χ1v) is 2.66. The van der Waals surface area contributed by atoms with Crippen molar-refractivity contribution in [1.29, 1.82) is 0 Å². The molecule has 0 heterocycles. The van der Waals surface area contributed by atoms with E-state index in [0.29, 0.717) is 0 Å². The monoisotopic (exact) mass is 123 g/mol. The second kappa shape index (κ2) is 1.28. The maximum atomic E-state index is 5.54. The minimum absolute atomic E-state index is 0.389. The van der Waals surface area contributed by atoms with Gasteiger partial charge < -0.3 is 0 Å². The van der Waals surface area contributed by atoms with E-state index >= 15 is 0 Å². The average Bonchev–Trinajstić information content (AvgIpc) is 1.32. The topological polar surface area (TPSA) is 0 Å². The number of hydrogen-bond donors (Lipinski definition) is 0. The van der Waals surface area contributed by atoms with E-state index in [1.54, 1.807) is 0 Å².